The van der Waals surface area contributed by atoms with Crippen LogP contribution in [0.4, 0.5) is 0 Å². The van der Waals surface area contributed by atoms with Gasteiger partial charge in [-0.3, -0.25) is 9.58 Å². The molecule has 0 amide bonds. The van der Waals surface area contributed by atoms with Crippen LogP contribution in [0.5, 0.6) is 0 Å². The average molecular weight is 362 g/mol. The highest BCUT2D eigenvalue weighted by molar-refractivity contribution is 7.90. The topological polar surface area (TPSA) is 58.4 Å². The third-order valence-corrected chi connectivity index (χ3v) is 5.65. The molecule has 1 aromatic carbocycles. The van der Waals surface area contributed by atoms with Crippen LogP contribution in [-0.4, -0.2) is 61.4 Å². The van der Waals surface area contributed by atoms with Gasteiger partial charge in [-0.2, -0.15) is 5.10 Å². The maximum absolute atomic E-state index is 11.6. The molecule has 0 saturated carbocycles. The SMILES string of the molecule is CN(C)CC1CN(Cc2ccc(S(C)(=O)=O)cc2)Cc2ccnn2C1. The van der Waals surface area contributed by atoms with E-state index in [1.54, 1.807) is 12.1 Å². The molecule has 1 aromatic heterocycles. The average Bonchev–Trinajstić information content (AvgIpc) is 2.86. The second-order valence-corrected chi connectivity index (χ2v) is 9.23. The lowest BCUT2D eigenvalue weighted by atomic mass is 10.1. The Balaban J connectivity index is 1.76. The van der Waals surface area contributed by atoms with E-state index in [0.29, 0.717) is 10.8 Å². The van der Waals surface area contributed by atoms with Crippen molar-refractivity contribution in [3.63, 3.8) is 0 Å². The molecule has 136 valence electrons. The fraction of sp³-hybridized carbons (Fsp3) is 0.500. The predicted octanol–water partition coefficient (Wildman–Crippen LogP) is 1.48. The maximum Gasteiger partial charge on any atom is 0.175 e. The van der Waals surface area contributed by atoms with Crippen molar-refractivity contribution < 1.29 is 8.42 Å². The van der Waals surface area contributed by atoms with Crippen LogP contribution in [-0.2, 0) is 29.5 Å². The van der Waals surface area contributed by atoms with E-state index < -0.39 is 9.84 Å². The zero-order valence-electron chi connectivity index (χ0n) is 15.1. The Labute approximate surface area is 150 Å². The monoisotopic (exact) mass is 362 g/mol. The molecule has 1 aliphatic rings. The van der Waals surface area contributed by atoms with Crippen LogP contribution < -0.4 is 0 Å². The van der Waals surface area contributed by atoms with Gasteiger partial charge in [0.15, 0.2) is 9.84 Å². The number of sulfone groups is 1. The lowest BCUT2D eigenvalue weighted by molar-refractivity contribution is 0.193. The van der Waals surface area contributed by atoms with E-state index in [2.05, 4.69) is 39.7 Å². The first-order chi connectivity index (χ1) is 11.8. The first-order valence-electron chi connectivity index (χ1n) is 8.48. The molecular weight excluding hydrogens is 336 g/mol. The summed E-state index contributed by atoms with van der Waals surface area (Å²) in [5.74, 6) is 0.506. The Hall–Kier alpha value is -1.70. The summed E-state index contributed by atoms with van der Waals surface area (Å²) in [7, 11) is 1.06. The largest absolute Gasteiger partial charge is 0.309 e. The molecule has 0 fully saturated rings. The molecule has 1 unspecified atom stereocenters. The molecule has 0 spiro atoms. The predicted molar refractivity (Wildman–Crippen MR) is 97.9 cm³/mol. The summed E-state index contributed by atoms with van der Waals surface area (Å²) in [5.41, 5.74) is 2.36. The van der Waals surface area contributed by atoms with Crippen LogP contribution in [0.1, 0.15) is 11.3 Å². The van der Waals surface area contributed by atoms with Crippen LogP contribution >= 0.6 is 0 Å². The molecule has 1 atom stereocenters. The summed E-state index contributed by atoms with van der Waals surface area (Å²) in [6.07, 6.45) is 3.11. The van der Waals surface area contributed by atoms with Crippen molar-refractivity contribution in [1.29, 1.82) is 0 Å². The molecule has 6 nitrogen and oxygen atoms in total. The fourth-order valence-corrected chi connectivity index (χ4v) is 4.10. The second kappa shape index (κ2) is 7.27. The molecule has 0 saturated heterocycles. The van der Waals surface area contributed by atoms with Gasteiger partial charge in [0.25, 0.3) is 0 Å². The van der Waals surface area contributed by atoms with Crippen LogP contribution in [0, 0.1) is 5.92 Å². The second-order valence-electron chi connectivity index (χ2n) is 7.22. The molecule has 0 bridgehead atoms. The first kappa shape index (κ1) is 18.1. The van der Waals surface area contributed by atoms with Crippen LogP contribution in [0.15, 0.2) is 41.4 Å². The van der Waals surface area contributed by atoms with Crippen molar-refractivity contribution in [3.05, 3.63) is 47.8 Å². The van der Waals surface area contributed by atoms with Gasteiger partial charge in [0.2, 0.25) is 0 Å². The van der Waals surface area contributed by atoms with Gasteiger partial charge in [0.05, 0.1) is 10.6 Å². The Morgan fingerprint density at radius 2 is 1.88 bits per heavy atom. The lowest BCUT2D eigenvalue weighted by Gasteiger charge is -2.25. The van der Waals surface area contributed by atoms with Crippen LogP contribution in [0.3, 0.4) is 0 Å². The number of benzene rings is 1. The highest BCUT2D eigenvalue weighted by Crippen LogP contribution is 2.19. The van der Waals surface area contributed by atoms with Gasteiger partial charge in [-0.15, -0.1) is 0 Å². The summed E-state index contributed by atoms with van der Waals surface area (Å²) in [6, 6.07) is 9.31. The van der Waals surface area contributed by atoms with Crippen molar-refractivity contribution >= 4 is 9.84 Å². The molecule has 0 N–H and O–H groups in total. The molecule has 1 aliphatic heterocycles. The van der Waals surface area contributed by atoms with Gasteiger partial charge in [0, 0.05) is 51.1 Å². The minimum absolute atomic E-state index is 0.371. The van der Waals surface area contributed by atoms with Crippen molar-refractivity contribution in [3.8, 4) is 0 Å². The molecule has 7 heteroatoms. The van der Waals surface area contributed by atoms with Gasteiger partial charge in [0.1, 0.15) is 0 Å². The zero-order chi connectivity index (χ0) is 18.0. The summed E-state index contributed by atoms with van der Waals surface area (Å²) in [5, 5.41) is 4.46. The van der Waals surface area contributed by atoms with E-state index in [9.17, 15) is 8.42 Å². The Kier molecular flexibility index (Phi) is 5.27. The van der Waals surface area contributed by atoms with Gasteiger partial charge < -0.3 is 4.90 Å². The number of aromatic nitrogens is 2. The third-order valence-electron chi connectivity index (χ3n) is 4.52. The normalized spacial score (nSPS) is 19.0. The van der Waals surface area contributed by atoms with Crippen LogP contribution in [0.25, 0.3) is 0 Å². The number of nitrogens with zero attached hydrogens (tertiary/aromatic N) is 4. The van der Waals surface area contributed by atoms with E-state index in [-0.39, 0.29) is 0 Å². The fourth-order valence-electron chi connectivity index (χ4n) is 3.47. The number of hydrogen-bond acceptors (Lipinski definition) is 5. The lowest BCUT2D eigenvalue weighted by Crippen LogP contribution is -2.33. The molecule has 0 radical (unpaired) electrons. The maximum atomic E-state index is 11.6. The number of rotatable bonds is 5. The Morgan fingerprint density at radius 3 is 2.52 bits per heavy atom. The Bertz CT molecular complexity index is 812. The summed E-state index contributed by atoms with van der Waals surface area (Å²) >= 11 is 0. The Morgan fingerprint density at radius 1 is 1.16 bits per heavy atom. The van der Waals surface area contributed by atoms with Gasteiger partial charge >= 0.3 is 0 Å². The summed E-state index contributed by atoms with van der Waals surface area (Å²) in [6.45, 7) is 4.61. The summed E-state index contributed by atoms with van der Waals surface area (Å²) < 4.78 is 25.3. The van der Waals surface area contributed by atoms with E-state index in [4.69, 9.17) is 0 Å². The standard InChI is InChI=1S/C18H26N4O2S/c1-20(2)10-16-12-21(14-17-8-9-19-22(17)13-16)11-15-4-6-18(7-5-15)25(3,23)24/h4-9,16H,10-14H2,1-3H3. The minimum atomic E-state index is -3.14. The number of hydrogen-bond donors (Lipinski definition) is 0. The minimum Gasteiger partial charge on any atom is -0.309 e. The highest BCUT2D eigenvalue weighted by Gasteiger charge is 2.23. The smallest absolute Gasteiger partial charge is 0.175 e. The third kappa shape index (κ3) is 4.68. The van der Waals surface area contributed by atoms with Gasteiger partial charge in [-0.1, -0.05) is 12.1 Å². The van der Waals surface area contributed by atoms with Gasteiger partial charge in [-0.25, -0.2) is 8.42 Å². The molecular formula is C18H26N4O2S. The highest BCUT2D eigenvalue weighted by atomic mass is 32.2. The van der Waals surface area contributed by atoms with Crippen molar-refractivity contribution in [2.75, 3.05) is 33.4 Å². The number of fused-ring (bicyclic) bond motifs is 1. The molecule has 25 heavy (non-hydrogen) atoms. The zero-order valence-corrected chi connectivity index (χ0v) is 15.9. The van der Waals surface area contributed by atoms with E-state index >= 15 is 0 Å². The molecule has 3 rings (SSSR count). The quantitative estimate of drug-likeness (QED) is 0.806. The molecule has 2 heterocycles. The van der Waals surface area contributed by atoms with E-state index in [1.807, 2.05) is 18.3 Å². The van der Waals surface area contributed by atoms with Crippen LogP contribution in [0.2, 0.25) is 0 Å². The first-order valence-corrected chi connectivity index (χ1v) is 10.4. The summed E-state index contributed by atoms with van der Waals surface area (Å²) in [4.78, 5) is 5.01. The van der Waals surface area contributed by atoms with Crippen molar-refractivity contribution in [2.45, 2.75) is 24.5 Å². The molecule has 0 aliphatic carbocycles. The van der Waals surface area contributed by atoms with Crippen molar-refractivity contribution in [1.82, 2.24) is 19.6 Å². The van der Waals surface area contributed by atoms with Crippen molar-refractivity contribution in [2.24, 2.45) is 5.92 Å². The molecule has 2 aromatic rings. The van der Waals surface area contributed by atoms with Gasteiger partial charge in [-0.05, 0) is 37.9 Å². The van der Waals surface area contributed by atoms with E-state index in [1.165, 1.54) is 11.9 Å². The van der Waals surface area contributed by atoms with E-state index in [0.717, 1.165) is 38.3 Å².